The van der Waals surface area contributed by atoms with Crippen LogP contribution in [-0.4, -0.2) is 10.3 Å². The number of hydrogen-bond donors (Lipinski definition) is 0. The first kappa shape index (κ1) is 8.47. The van der Waals surface area contributed by atoms with Crippen molar-refractivity contribution in [2.75, 3.05) is 5.33 Å². The minimum absolute atomic E-state index is 0.805. The molecule has 0 saturated heterocycles. The summed E-state index contributed by atoms with van der Waals surface area (Å²) in [7, 11) is 0. The molecular weight excluding hydrogens is 202 g/mol. The van der Waals surface area contributed by atoms with Crippen molar-refractivity contribution in [1.82, 2.24) is 4.98 Å². The van der Waals surface area contributed by atoms with Gasteiger partial charge in [0.2, 0.25) is 0 Å². The zero-order valence-electron chi connectivity index (χ0n) is 6.47. The van der Waals surface area contributed by atoms with Crippen LogP contribution in [0.2, 0.25) is 0 Å². The Bertz CT molecular complexity index is 268. The number of aryl methyl sites for hydroxylation is 1. The van der Waals surface area contributed by atoms with E-state index in [9.17, 15) is 0 Å². The number of pyridine rings is 1. The maximum absolute atomic E-state index is 4.03. The third kappa shape index (κ3) is 1.90. The van der Waals surface area contributed by atoms with Crippen LogP contribution in [0, 0.1) is 6.92 Å². The van der Waals surface area contributed by atoms with Gasteiger partial charge in [-0.1, -0.05) is 22.5 Å². The van der Waals surface area contributed by atoms with Gasteiger partial charge in [0.1, 0.15) is 0 Å². The van der Waals surface area contributed by atoms with Gasteiger partial charge in [-0.25, -0.2) is 0 Å². The molecule has 0 bridgehead atoms. The summed E-state index contributed by atoms with van der Waals surface area (Å²) in [5, 5.41) is 0.805. The van der Waals surface area contributed by atoms with Crippen molar-refractivity contribution in [3.05, 3.63) is 36.2 Å². The van der Waals surface area contributed by atoms with Crippen molar-refractivity contribution in [3.8, 4) is 0 Å². The molecule has 0 aliphatic rings. The highest BCUT2D eigenvalue weighted by atomic mass is 79.9. The van der Waals surface area contributed by atoms with Crippen LogP contribution in [0.25, 0.3) is 5.57 Å². The third-order valence-corrected chi connectivity index (χ3v) is 2.26. The maximum Gasteiger partial charge on any atom is 0.0345 e. The highest BCUT2D eigenvalue weighted by Crippen LogP contribution is 2.16. The number of halogens is 1. The van der Waals surface area contributed by atoms with E-state index in [-0.39, 0.29) is 0 Å². The van der Waals surface area contributed by atoms with E-state index in [4.69, 9.17) is 0 Å². The molecule has 2 heteroatoms. The van der Waals surface area contributed by atoms with Crippen LogP contribution in [0.3, 0.4) is 0 Å². The second-order valence-electron chi connectivity index (χ2n) is 2.43. The average molecular weight is 212 g/mol. The standard InChI is InChI=1S/C9H10BrN/c1-7-3-4-11-6-9(7)8(2)5-10/h3-4,6H,2,5H2,1H3. The summed E-state index contributed by atoms with van der Waals surface area (Å²) < 4.78 is 0. The fraction of sp³-hybridized carbons (Fsp3) is 0.222. The number of nitrogens with zero attached hydrogens (tertiary/aromatic N) is 1. The molecule has 0 amide bonds. The summed E-state index contributed by atoms with van der Waals surface area (Å²) in [6.45, 7) is 5.98. The number of rotatable bonds is 2. The van der Waals surface area contributed by atoms with Crippen molar-refractivity contribution in [2.45, 2.75) is 6.92 Å². The average Bonchev–Trinajstić information content (AvgIpc) is 2.04. The molecule has 0 spiro atoms. The van der Waals surface area contributed by atoms with Crippen molar-refractivity contribution < 1.29 is 0 Å². The molecule has 1 heterocycles. The van der Waals surface area contributed by atoms with E-state index in [1.54, 1.807) is 6.20 Å². The quantitative estimate of drug-likeness (QED) is 0.687. The molecule has 0 saturated carbocycles. The van der Waals surface area contributed by atoms with E-state index in [1.807, 2.05) is 12.3 Å². The molecule has 0 N–H and O–H groups in total. The Morgan fingerprint density at radius 3 is 3.00 bits per heavy atom. The minimum Gasteiger partial charge on any atom is -0.264 e. The zero-order valence-corrected chi connectivity index (χ0v) is 8.06. The predicted molar refractivity (Wildman–Crippen MR) is 51.8 cm³/mol. The molecule has 0 atom stereocenters. The third-order valence-electron chi connectivity index (χ3n) is 1.58. The van der Waals surface area contributed by atoms with Crippen LogP contribution in [0.5, 0.6) is 0 Å². The summed E-state index contributed by atoms with van der Waals surface area (Å²) in [6.07, 6.45) is 3.64. The van der Waals surface area contributed by atoms with E-state index < -0.39 is 0 Å². The van der Waals surface area contributed by atoms with Crippen LogP contribution < -0.4 is 0 Å². The van der Waals surface area contributed by atoms with Crippen LogP contribution >= 0.6 is 15.9 Å². The Morgan fingerprint density at radius 1 is 1.73 bits per heavy atom. The second kappa shape index (κ2) is 3.67. The van der Waals surface area contributed by atoms with Crippen LogP contribution in [0.4, 0.5) is 0 Å². The van der Waals surface area contributed by atoms with Gasteiger partial charge in [-0.05, 0) is 29.7 Å². The summed E-state index contributed by atoms with van der Waals surface area (Å²) in [5.41, 5.74) is 3.45. The Kier molecular flexibility index (Phi) is 2.83. The fourth-order valence-electron chi connectivity index (χ4n) is 0.906. The Morgan fingerprint density at radius 2 is 2.45 bits per heavy atom. The van der Waals surface area contributed by atoms with Gasteiger partial charge in [0.25, 0.3) is 0 Å². The Labute approximate surface area is 75.3 Å². The fourth-order valence-corrected chi connectivity index (χ4v) is 1.21. The van der Waals surface area contributed by atoms with E-state index >= 15 is 0 Å². The molecule has 1 nitrogen and oxygen atoms in total. The smallest absolute Gasteiger partial charge is 0.0345 e. The van der Waals surface area contributed by atoms with Crippen molar-refractivity contribution in [3.63, 3.8) is 0 Å². The van der Waals surface area contributed by atoms with Crippen LogP contribution in [0.1, 0.15) is 11.1 Å². The van der Waals surface area contributed by atoms with Crippen molar-refractivity contribution in [1.29, 1.82) is 0 Å². The van der Waals surface area contributed by atoms with E-state index in [2.05, 4.69) is 34.4 Å². The van der Waals surface area contributed by atoms with Crippen LogP contribution in [0.15, 0.2) is 25.0 Å². The molecule has 1 aromatic heterocycles. The van der Waals surface area contributed by atoms with E-state index in [0.717, 1.165) is 16.5 Å². The van der Waals surface area contributed by atoms with Crippen molar-refractivity contribution >= 4 is 21.5 Å². The number of allylic oxidation sites excluding steroid dienone is 1. The van der Waals surface area contributed by atoms with Gasteiger partial charge >= 0.3 is 0 Å². The van der Waals surface area contributed by atoms with E-state index in [1.165, 1.54) is 5.56 Å². The molecule has 0 unspecified atom stereocenters. The number of alkyl halides is 1. The summed E-state index contributed by atoms with van der Waals surface area (Å²) in [4.78, 5) is 4.03. The lowest BCUT2D eigenvalue weighted by Gasteiger charge is -2.03. The molecule has 1 rings (SSSR count). The lowest BCUT2D eigenvalue weighted by Crippen LogP contribution is -1.89. The first-order valence-electron chi connectivity index (χ1n) is 3.40. The van der Waals surface area contributed by atoms with Gasteiger partial charge in [-0.3, -0.25) is 4.98 Å². The highest BCUT2D eigenvalue weighted by molar-refractivity contribution is 9.09. The molecule has 0 aromatic carbocycles. The topological polar surface area (TPSA) is 12.9 Å². The van der Waals surface area contributed by atoms with Crippen molar-refractivity contribution in [2.24, 2.45) is 0 Å². The number of aromatic nitrogens is 1. The van der Waals surface area contributed by atoms with Gasteiger partial charge in [-0.15, -0.1) is 0 Å². The first-order valence-corrected chi connectivity index (χ1v) is 4.52. The minimum atomic E-state index is 0.805. The SMILES string of the molecule is C=C(CBr)c1cnccc1C. The highest BCUT2D eigenvalue weighted by Gasteiger charge is 1.99. The molecule has 0 aliphatic heterocycles. The summed E-state index contributed by atoms with van der Waals surface area (Å²) in [5.74, 6) is 0. The summed E-state index contributed by atoms with van der Waals surface area (Å²) >= 11 is 3.36. The van der Waals surface area contributed by atoms with E-state index in [0.29, 0.717) is 0 Å². The maximum atomic E-state index is 4.03. The monoisotopic (exact) mass is 211 g/mol. The number of hydrogen-bond acceptors (Lipinski definition) is 1. The van der Waals surface area contributed by atoms with Gasteiger partial charge in [0.15, 0.2) is 0 Å². The van der Waals surface area contributed by atoms with Gasteiger partial charge < -0.3 is 0 Å². The molecule has 58 valence electrons. The lowest BCUT2D eigenvalue weighted by atomic mass is 10.1. The van der Waals surface area contributed by atoms with Gasteiger partial charge in [0.05, 0.1) is 0 Å². The largest absolute Gasteiger partial charge is 0.264 e. The molecule has 0 aliphatic carbocycles. The molecule has 0 radical (unpaired) electrons. The second-order valence-corrected chi connectivity index (χ2v) is 2.99. The molecule has 0 fully saturated rings. The molecule has 1 aromatic rings. The Balaban J connectivity index is 3.03. The van der Waals surface area contributed by atoms with Gasteiger partial charge in [0, 0.05) is 17.7 Å². The normalized spacial score (nSPS) is 9.64. The first-order chi connectivity index (χ1) is 5.25. The van der Waals surface area contributed by atoms with Gasteiger partial charge in [-0.2, -0.15) is 0 Å². The lowest BCUT2D eigenvalue weighted by molar-refractivity contribution is 1.26. The Hall–Kier alpha value is -0.630. The summed E-state index contributed by atoms with van der Waals surface area (Å²) in [6, 6.07) is 1.99. The predicted octanol–water partition coefficient (Wildman–Crippen LogP) is 2.80. The molecule has 11 heavy (non-hydrogen) atoms. The van der Waals surface area contributed by atoms with Crippen LogP contribution in [-0.2, 0) is 0 Å². The zero-order chi connectivity index (χ0) is 8.27. The molecular formula is C9H10BrN.